The molecule has 33 heavy (non-hydrogen) atoms. The predicted octanol–water partition coefficient (Wildman–Crippen LogP) is 4.81. The summed E-state index contributed by atoms with van der Waals surface area (Å²) in [7, 11) is 0. The molecule has 1 aliphatic heterocycles. The molecular weight excluding hydrogens is 422 g/mol. The molecule has 2 aliphatic rings. The zero-order valence-electron chi connectivity index (χ0n) is 17.8. The summed E-state index contributed by atoms with van der Waals surface area (Å²) < 4.78 is 17.0. The molecule has 2 aromatic heterocycles. The molecule has 2 N–H and O–H groups in total. The van der Waals surface area contributed by atoms with E-state index < -0.39 is 5.97 Å². The van der Waals surface area contributed by atoms with E-state index in [1.807, 2.05) is 18.2 Å². The third kappa shape index (κ3) is 3.53. The molecule has 4 aromatic rings. The highest BCUT2D eigenvalue weighted by Gasteiger charge is 2.23. The molecule has 0 bridgehead atoms. The van der Waals surface area contributed by atoms with Crippen molar-refractivity contribution in [2.24, 2.45) is 0 Å². The van der Waals surface area contributed by atoms with Crippen molar-refractivity contribution in [2.75, 3.05) is 12.1 Å². The van der Waals surface area contributed by atoms with Crippen molar-refractivity contribution >= 4 is 22.9 Å². The Morgan fingerprint density at radius 3 is 2.67 bits per heavy atom. The Balaban J connectivity index is 1.40. The number of aromatic nitrogens is 2. The van der Waals surface area contributed by atoms with E-state index in [-0.39, 0.29) is 12.4 Å². The van der Waals surface area contributed by atoms with Gasteiger partial charge < -0.3 is 24.3 Å². The Kier molecular flexibility index (Phi) is 4.64. The van der Waals surface area contributed by atoms with Gasteiger partial charge in [0.05, 0.1) is 10.9 Å². The lowest BCUT2D eigenvalue weighted by atomic mass is 9.96. The molecule has 6 rings (SSSR count). The molecule has 0 amide bonds. The minimum Gasteiger partial charge on any atom is -0.478 e. The van der Waals surface area contributed by atoms with Gasteiger partial charge in [-0.1, -0.05) is 18.2 Å². The number of nitrogens with zero attached hydrogens (tertiary/aromatic N) is 2. The zero-order chi connectivity index (χ0) is 22.4. The van der Waals surface area contributed by atoms with E-state index in [1.165, 1.54) is 5.56 Å². The lowest BCUT2D eigenvalue weighted by molar-refractivity contribution is 0.0697. The maximum Gasteiger partial charge on any atom is 0.335 e. The van der Waals surface area contributed by atoms with Crippen molar-refractivity contribution in [3.05, 3.63) is 64.9 Å². The lowest BCUT2D eigenvalue weighted by Crippen LogP contribution is -2.06. The summed E-state index contributed by atoms with van der Waals surface area (Å²) in [4.78, 5) is 20.7. The van der Waals surface area contributed by atoms with E-state index in [2.05, 4.69) is 10.3 Å². The van der Waals surface area contributed by atoms with E-state index in [1.54, 1.807) is 24.3 Å². The molecule has 0 atom stereocenters. The van der Waals surface area contributed by atoms with Gasteiger partial charge in [-0.15, -0.1) is 0 Å². The normalized spacial score (nSPS) is 14.3. The summed E-state index contributed by atoms with van der Waals surface area (Å²) in [5, 5.41) is 13.6. The molecule has 0 saturated carbocycles. The summed E-state index contributed by atoms with van der Waals surface area (Å²) in [6.07, 6.45) is 4.05. The second-order valence-electron chi connectivity index (χ2n) is 8.21. The summed E-state index contributed by atoms with van der Waals surface area (Å²) >= 11 is 0. The van der Waals surface area contributed by atoms with Crippen molar-refractivity contribution in [3.8, 4) is 22.9 Å². The monoisotopic (exact) mass is 443 g/mol. The fraction of sp³-hybridized carbons (Fsp3) is 0.240. The van der Waals surface area contributed by atoms with Gasteiger partial charge in [-0.3, -0.25) is 0 Å². The predicted molar refractivity (Wildman–Crippen MR) is 121 cm³/mol. The van der Waals surface area contributed by atoms with E-state index in [0.717, 1.165) is 59.5 Å². The van der Waals surface area contributed by atoms with E-state index in [0.29, 0.717) is 23.9 Å². The molecule has 0 saturated heterocycles. The summed E-state index contributed by atoms with van der Waals surface area (Å²) in [5.74, 6) is 2.69. The number of anilines is 1. The number of nitrogens with one attached hydrogen (secondary N) is 1. The average Bonchev–Trinajstić information content (AvgIpc) is 3.46. The first kappa shape index (κ1) is 19.6. The number of aryl methyl sites for hydroxylation is 2. The van der Waals surface area contributed by atoms with Gasteiger partial charge in [0.2, 0.25) is 12.5 Å². The smallest absolute Gasteiger partial charge is 0.335 e. The molecule has 166 valence electrons. The van der Waals surface area contributed by atoms with Gasteiger partial charge in [0, 0.05) is 24.1 Å². The van der Waals surface area contributed by atoms with Gasteiger partial charge in [0.15, 0.2) is 17.3 Å². The number of carboxylic acid groups (broad SMARTS) is 1. The second kappa shape index (κ2) is 7.81. The number of fused-ring (bicyclic) bond motifs is 4. The Bertz CT molecular complexity index is 1380. The number of carbonyl (C=O) groups is 1. The molecule has 8 nitrogen and oxygen atoms in total. The van der Waals surface area contributed by atoms with Crippen LogP contribution >= 0.6 is 0 Å². The van der Waals surface area contributed by atoms with Crippen LogP contribution in [0.5, 0.6) is 11.5 Å². The number of hydrogen-bond donors (Lipinski definition) is 2. The van der Waals surface area contributed by atoms with Crippen LogP contribution in [0.1, 0.15) is 40.1 Å². The van der Waals surface area contributed by atoms with Gasteiger partial charge in [-0.25, -0.2) is 9.78 Å². The van der Waals surface area contributed by atoms with Gasteiger partial charge in [0.25, 0.3) is 0 Å². The number of benzene rings is 2. The number of rotatable bonds is 5. The summed E-state index contributed by atoms with van der Waals surface area (Å²) in [6, 6.07) is 12.4. The van der Waals surface area contributed by atoms with Crippen molar-refractivity contribution in [1.82, 2.24) is 9.97 Å². The Morgan fingerprint density at radius 1 is 1.00 bits per heavy atom. The molecule has 0 fully saturated rings. The zero-order valence-corrected chi connectivity index (χ0v) is 17.8. The van der Waals surface area contributed by atoms with Crippen LogP contribution in [0.15, 0.2) is 46.9 Å². The average molecular weight is 443 g/mol. The van der Waals surface area contributed by atoms with Crippen LogP contribution in [0.2, 0.25) is 0 Å². The Morgan fingerprint density at radius 2 is 1.82 bits per heavy atom. The van der Waals surface area contributed by atoms with Gasteiger partial charge in [-0.05, 0) is 49.1 Å². The highest BCUT2D eigenvalue weighted by Crippen LogP contribution is 2.37. The molecule has 2 aromatic carbocycles. The third-order valence-electron chi connectivity index (χ3n) is 6.10. The van der Waals surface area contributed by atoms with Crippen molar-refractivity contribution in [2.45, 2.75) is 32.2 Å². The van der Waals surface area contributed by atoms with Crippen LogP contribution in [0.4, 0.5) is 5.82 Å². The number of furan rings is 1. The number of carboxylic acids is 1. The number of ether oxygens (including phenoxy) is 2. The standard InChI is InChI=1S/C25H21N3O5/c29-25(30)16-8-6-15(7-9-16)22-27-23(21-17-3-1-2-4-18(17)33-24(21)28-22)26-12-14-5-10-19-20(11-14)32-13-31-19/h5-11H,1-4,12-13H2,(H,29,30)(H,26,27,28). The molecule has 0 spiro atoms. The highest BCUT2D eigenvalue weighted by molar-refractivity contribution is 5.92. The fourth-order valence-corrected chi connectivity index (χ4v) is 4.41. The first-order valence-electron chi connectivity index (χ1n) is 10.9. The maximum absolute atomic E-state index is 11.2. The van der Waals surface area contributed by atoms with Crippen LogP contribution in [0.3, 0.4) is 0 Å². The SMILES string of the molecule is O=C(O)c1ccc(-c2nc(NCc3ccc4c(c3)OCO4)c3c4c(oc3n2)CCCC4)cc1. The minimum atomic E-state index is -0.970. The van der Waals surface area contributed by atoms with E-state index >= 15 is 0 Å². The van der Waals surface area contributed by atoms with E-state index in [4.69, 9.17) is 18.9 Å². The lowest BCUT2D eigenvalue weighted by Gasteiger charge is -2.12. The summed E-state index contributed by atoms with van der Waals surface area (Å²) in [5.41, 5.74) is 3.71. The second-order valence-corrected chi connectivity index (χ2v) is 8.21. The van der Waals surface area contributed by atoms with Crippen molar-refractivity contribution in [3.63, 3.8) is 0 Å². The van der Waals surface area contributed by atoms with Crippen LogP contribution < -0.4 is 14.8 Å². The molecular formula is C25H21N3O5. The quantitative estimate of drug-likeness (QED) is 0.453. The molecule has 0 radical (unpaired) electrons. The van der Waals surface area contributed by atoms with Crippen molar-refractivity contribution < 1.29 is 23.8 Å². The summed E-state index contributed by atoms with van der Waals surface area (Å²) in [6.45, 7) is 0.782. The van der Waals surface area contributed by atoms with Crippen molar-refractivity contribution in [1.29, 1.82) is 0 Å². The largest absolute Gasteiger partial charge is 0.478 e. The minimum absolute atomic E-state index is 0.217. The highest BCUT2D eigenvalue weighted by atomic mass is 16.7. The number of aromatic carboxylic acids is 1. The van der Waals surface area contributed by atoms with Crippen LogP contribution in [-0.4, -0.2) is 27.8 Å². The molecule has 0 unspecified atom stereocenters. The van der Waals surface area contributed by atoms with Gasteiger partial charge in [0.1, 0.15) is 11.6 Å². The number of hydrogen-bond acceptors (Lipinski definition) is 7. The molecule has 3 heterocycles. The van der Waals surface area contributed by atoms with Crippen LogP contribution in [0, 0.1) is 0 Å². The fourth-order valence-electron chi connectivity index (χ4n) is 4.41. The first-order valence-corrected chi connectivity index (χ1v) is 10.9. The topological polar surface area (TPSA) is 107 Å². The molecule has 1 aliphatic carbocycles. The maximum atomic E-state index is 11.2. The van der Waals surface area contributed by atoms with Crippen LogP contribution in [-0.2, 0) is 19.4 Å². The first-order chi connectivity index (χ1) is 16.2. The molecule has 8 heteroatoms. The van der Waals surface area contributed by atoms with Crippen LogP contribution in [0.25, 0.3) is 22.5 Å². The van der Waals surface area contributed by atoms with E-state index in [9.17, 15) is 9.90 Å². The Hall–Kier alpha value is -4.07. The van der Waals surface area contributed by atoms with Gasteiger partial charge in [-0.2, -0.15) is 4.98 Å². The third-order valence-corrected chi connectivity index (χ3v) is 6.10. The Labute approximate surface area is 189 Å². The van der Waals surface area contributed by atoms with Gasteiger partial charge >= 0.3 is 5.97 Å².